The molecular formula is C20H28N4O. The molecule has 5 heteroatoms. The molecule has 134 valence electrons. The Balaban J connectivity index is 1.44. The molecule has 0 spiro atoms. The highest BCUT2D eigenvalue weighted by Crippen LogP contribution is 2.18. The molecule has 2 aromatic rings. The molecule has 0 bridgehead atoms. The summed E-state index contributed by atoms with van der Waals surface area (Å²) in [7, 11) is 0. The Labute approximate surface area is 150 Å². The van der Waals surface area contributed by atoms with E-state index in [1.54, 1.807) is 6.33 Å². The van der Waals surface area contributed by atoms with E-state index in [-0.39, 0.29) is 5.91 Å². The van der Waals surface area contributed by atoms with E-state index in [9.17, 15) is 4.79 Å². The molecule has 0 saturated carbocycles. The first-order chi connectivity index (χ1) is 12.1. The topological polar surface area (TPSA) is 50.2 Å². The lowest BCUT2D eigenvalue weighted by Crippen LogP contribution is -2.41. The molecule has 2 heterocycles. The number of aromatic nitrogens is 2. The van der Waals surface area contributed by atoms with E-state index in [0.717, 1.165) is 37.6 Å². The van der Waals surface area contributed by atoms with Gasteiger partial charge in [0.15, 0.2) is 0 Å². The van der Waals surface area contributed by atoms with Crippen LogP contribution in [-0.4, -0.2) is 40.0 Å². The first kappa shape index (κ1) is 17.7. The highest BCUT2D eigenvalue weighted by Gasteiger charge is 2.20. The number of imidazole rings is 1. The van der Waals surface area contributed by atoms with E-state index >= 15 is 0 Å². The second-order valence-corrected chi connectivity index (χ2v) is 7.08. The fourth-order valence-electron chi connectivity index (χ4n) is 3.48. The maximum atomic E-state index is 12.2. The number of hydrogen-bond acceptors (Lipinski definition) is 3. The highest BCUT2D eigenvalue weighted by molar-refractivity contribution is 5.75. The maximum Gasteiger partial charge on any atom is 0.239 e. The van der Waals surface area contributed by atoms with Gasteiger partial charge in [-0.2, -0.15) is 0 Å². The molecule has 3 rings (SSSR count). The van der Waals surface area contributed by atoms with Crippen molar-refractivity contribution in [2.45, 2.75) is 39.8 Å². The number of nitrogens with one attached hydrogen (secondary N) is 1. The Hall–Kier alpha value is -2.14. The summed E-state index contributed by atoms with van der Waals surface area (Å²) in [6.07, 6.45) is 4.13. The van der Waals surface area contributed by atoms with Crippen molar-refractivity contribution >= 4 is 5.91 Å². The van der Waals surface area contributed by atoms with Crippen molar-refractivity contribution in [3.63, 3.8) is 0 Å². The van der Waals surface area contributed by atoms with E-state index in [2.05, 4.69) is 45.5 Å². The van der Waals surface area contributed by atoms with Crippen LogP contribution in [0, 0.1) is 19.8 Å². The average Bonchev–Trinajstić information content (AvgIpc) is 2.93. The normalized spacial score (nSPS) is 18.2. The Morgan fingerprint density at radius 1 is 1.28 bits per heavy atom. The maximum absolute atomic E-state index is 12.2. The summed E-state index contributed by atoms with van der Waals surface area (Å²) in [6, 6.07) is 10.6. The summed E-state index contributed by atoms with van der Waals surface area (Å²) in [5.74, 6) is 0.604. The fraction of sp³-hybridized carbons (Fsp3) is 0.500. The number of rotatable bonds is 6. The Kier molecular flexibility index (Phi) is 5.87. The average molecular weight is 340 g/mol. The van der Waals surface area contributed by atoms with Gasteiger partial charge in [0.25, 0.3) is 0 Å². The van der Waals surface area contributed by atoms with Gasteiger partial charge in [0.05, 0.1) is 12.0 Å². The van der Waals surface area contributed by atoms with Gasteiger partial charge in [-0.05, 0) is 44.7 Å². The third-order valence-corrected chi connectivity index (χ3v) is 5.10. The van der Waals surface area contributed by atoms with Crippen LogP contribution in [0.1, 0.15) is 29.8 Å². The molecule has 1 atom stereocenters. The number of amides is 1. The van der Waals surface area contributed by atoms with E-state index in [1.807, 2.05) is 18.4 Å². The minimum Gasteiger partial charge on any atom is -0.354 e. The molecule has 1 fully saturated rings. The summed E-state index contributed by atoms with van der Waals surface area (Å²) < 4.78 is 1.91. The van der Waals surface area contributed by atoms with Crippen LogP contribution in [0.2, 0.25) is 0 Å². The number of piperidine rings is 1. The third kappa shape index (κ3) is 4.92. The van der Waals surface area contributed by atoms with Gasteiger partial charge < -0.3 is 9.88 Å². The van der Waals surface area contributed by atoms with Crippen LogP contribution in [0.25, 0.3) is 0 Å². The van der Waals surface area contributed by atoms with Crippen LogP contribution >= 0.6 is 0 Å². The van der Waals surface area contributed by atoms with Gasteiger partial charge in [-0.25, -0.2) is 4.98 Å². The van der Waals surface area contributed by atoms with Gasteiger partial charge in [-0.1, -0.05) is 30.3 Å². The number of aryl methyl sites for hydroxylation is 1. The van der Waals surface area contributed by atoms with E-state index in [0.29, 0.717) is 12.5 Å². The zero-order valence-corrected chi connectivity index (χ0v) is 15.2. The zero-order valence-electron chi connectivity index (χ0n) is 15.2. The SMILES string of the molecule is Cc1ncn(CC(=O)NC[C@@H]2CCCN(Cc3ccccc3)C2)c1C. The van der Waals surface area contributed by atoms with Crippen molar-refractivity contribution in [1.82, 2.24) is 19.8 Å². The quantitative estimate of drug-likeness (QED) is 0.879. The summed E-state index contributed by atoms with van der Waals surface area (Å²) >= 11 is 0. The van der Waals surface area contributed by atoms with Crippen molar-refractivity contribution in [2.75, 3.05) is 19.6 Å². The summed E-state index contributed by atoms with van der Waals surface area (Å²) in [6.45, 7) is 8.28. The Morgan fingerprint density at radius 2 is 2.08 bits per heavy atom. The van der Waals surface area contributed by atoms with E-state index in [1.165, 1.54) is 18.4 Å². The monoisotopic (exact) mass is 340 g/mol. The lowest BCUT2D eigenvalue weighted by atomic mass is 9.97. The Bertz CT molecular complexity index is 695. The van der Waals surface area contributed by atoms with Gasteiger partial charge in [0.2, 0.25) is 5.91 Å². The van der Waals surface area contributed by atoms with E-state index < -0.39 is 0 Å². The van der Waals surface area contributed by atoms with Crippen LogP contribution in [0.3, 0.4) is 0 Å². The van der Waals surface area contributed by atoms with Gasteiger partial charge >= 0.3 is 0 Å². The molecule has 1 saturated heterocycles. The molecule has 0 aliphatic carbocycles. The number of nitrogens with zero attached hydrogens (tertiary/aromatic N) is 3. The number of benzene rings is 1. The van der Waals surface area contributed by atoms with Crippen molar-refractivity contribution in [1.29, 1.82) is 0 Å². The Morgan fingerprint density at radius 3 is 2.80 bits per heavy atom. The number of hydrogen-bond donors (Lipinski definition) is 1. The molecule has 0 unspecified atom stereocenters. The summed E-state index contributed by atoms with van der Waals surface area (Å²) in [5, 5.41) is 3.11. The summed E-state index contributed by atoms with van der Waals surface area (Å²) in [4.78, 5) is 19.0. The number of likely N-dealkylation sites (tertiary alicyclic amines) is 1. The second-order valence-electron chi connectivity index (χ2n) is 7.08. The molecule has 0 radical (unpaired) electrons. The van der Waals surface area contributed by atoms with Gasteiger partial charge in [-0.3, -0.25) is 9.69 Å². The standard InChI is InChI=1S/C20H28N4O/c1-16-17(2)24(15-22-16)14-20(25)21-11-19-9-6-10-23(13-19)12-18-7-4-3-5-8-18/h3-5,7-8,15,19H,6,9-14H2,1-2H3,(H,21,25)/t19-/m0/s1. The molecule has 1 aliphatic rings. The van der Waals surface area contributed by atoms with Gasteiger partial charge in [0.1, 0.15) is 6.54 Å². The van der Waals surface area contributed by atoms with Gasteiger partial charge in [0, 0.05) is 25.3 Å². The molecule has 5 nitrogen and oxygen atoms in total. The van der Waals surface area contributed by atoms with Crippen LogP contribution in [-0.2, 0) is 17.9 Å². The van der Waals surface area contributed by atoms with Crippen molar-refractivity contribution in [3.05, 3.63) is 53.6 Å². The van der Waals surface area contributed by atoms with Crippen LogP contribution in [0.15, 0.2) is 36.7 Å². The zero-order chi connectivity index (χ0) is 17.6. The first-order valence-electron chi connectivity index (χ1n) is 9.13. The second kappa shape index (κ2) is 8.30. The number of carbonyl (C=O) groups is 1. The predicted octanol–water partition coefficient (Wildman–Crippen LogP) is 2.53. The lowest BCUT2D eigenvalue weighted by molar-refractivity contribution is -0.122. The molecule has 25 heavy (non-hydrogen) atoms. The molecule has 1 aliphatic heterocycles. The molecule has 1 N–H and O–H groups in total. The highest BCUT2D eigenvalue weighted by atomic mass is 16.1. The van der Waals surface area contributed by atoms with E-state index in [4.69, 9.17) is 0 Å². The van der Waals surface area contributed by atoms with Crippen LogP contribution in [0.4, 0.5) is 0 Å². The van der Waals surface area contributed by atoms with Crippen molar-refractivity contribution in [2.24, 2.45) is 5.92 Å². The minimum atomic E-state index is 0.0701. The molecule has 1 aromatic carbocycles. The molecule has 1 amide bonds. The summed E-state index contributed by atoms with van der Waals surface area (Å²) in [5.41, 5.74) is 3.40. The smallest absolute Gasteiger partial charge is 0.239 e. The lowest BCUT2D eigenvalue weighted by Gasteiger charge is -2.32. The van der Waals surface area contributed by atoms with Crippen molar-refractivity contribution in [3.8, 4) is 0 Å². The molecular weight excluding hydrogens is 312 g/mol. The van der Waals surface area contributed by atoms with Crippen LogP contribution < -0.4 is 5.32 Å². The minimum absolute atomic E-state index is 0.0701. The van der Waals surface area contributed by atoms with Crippen LogP contribution in [0.5, 0.6) is 0 Å². The first-order valence-corrected chi connectivity index (χ1v) is 9.13. The predicted molar refractivity (Wildman–Crippen MR) is 99.2 cm³/mol. The number of carbonyl (C=O) groups excluding carboxylic acids is 1. The third-order valence-electron chi connectivity index (χ3n) is 5.10. The fourth-order valence-corrected chi connectivity index (χ4v) is 3.48. The largest absolute Gasteiger partial charge is 0.354 e. The van der Waals surface area contributed by atoms with Gasteiger partial charge in [-0.15, -0.1) is 0 Å². The van der Waals surface area contributed by atoms with Crippen molar-refractivity contribution < 1.29 is 4.79 Å². The molecule has 1 aromatic heterocycles.